The van der Waals surface area contributed by atoms with Crippen molar-refractivity contribution in [2.45, 2.75) is 25.9 Å². The molecule has 0 radical (unpaired) electrons. The molecule has 2 nitrogen and oxygen atoms in total. The fraction of sp³-hybridized carbons (Fsp3) is 0.286. The summed E-state index contributed by atoms with van der Waals surface area (Å²) in [4.78, 5) is 1.32. The van der Waals surface area contributed by atoms with Gasteiger partial charge in [-0.2, -0.15) is 0 Å². The van der Waals surface area contributed by atoms with E-state index in [0.717, 1.165) is 17.4 Å². The predicted octanol–water partition coefficient (Wildman–Crippen LogP) is 4.46. The van der Waals surface area contributed by atoms with Gasteiger partial charge in [-0.05, 0) is 46.1 Å². The number of halogens is 1. The second-order valence-corrected chi connectivity index (χ2v) is 6.08. The van der Waals surface area contributed by atoms with Crippen molar-refractivity contribution in [1.29, 1.82) is 0 Å². The van der Waals surface area contributed by atoms with Gasteiger partial charge < -0.3 is 10.4 Å². The second-order valence-electron chi connectivity index (χ2n) is 4.16. The second kappa shape index (κ2) is 6.36. The number of thiophene rings is 1. The van der Waals surface area contributed by atoms with Crippen LogP contribution in [0.25, 0.3) is 0 Å². The van der Waals surface area contributed by atoms with Crippen molar-refractivity contribution >= 4 is 27.3 Å². The molecule has 0 amide bonds. The summed E-state index contributed by atoms with van der Waals surface area (Å²) in [5.74, 6) is 0.316. The lowest BCUT2D eigenvalue weighted by atomic mass is 10.0. The molecule has 0 aliphatic carbocycles. The zero-order valence-corrected chi connectivity index (χ0v) is 12.6. The number of rotatable bonds is 5. The molecule has 0 aliphatic rings. The Balaban J connectivity index is 1.99. The Morgan fingerprint density at radius 2 is 2.06 bits per heavy atom. The van der Waals surface area contributed by atoms with Gasteiger partial charge in [0.1, 0.15) is 5.75 Å². The number of hydrogen-bond acceptors (Lipinski definition) is 3. The maximum Gasteiger partial charge on any atom is 0.115 e. The van der Waals surface area contributed by atoms with E-state index < -0.39 is 0 Å². The first-order chi connectivity index (χ1) is 8.69. The van der Waals surface area contributed by atoms with E-state index in [4.69, 9.17) is 0 Å². The quantitative estimate of drug-likeness (QED) is 0.850. The number of phenols is 1. The van der Waals surface area contributed by atoms with Gasteiger partial charge >= 0.3 is 0 Å². The highest BCUT2D eigenvalue weighted by atomic mass is 79.9. The molecule has 96 valence electrons. The lowest BCUT2D eigenvalue weighted by molar-refractivity contribution is 0.473. The minimum Gasteiger partial charge on any atom is -0.508 e. The molecule has 0 saturated heterocycles. The van der Waals surface area contributed by atoms with Gasteiger partial charge in [-0.3, -0.25) is 0 Å². The fourth-order valence-corrected chi connectivity index (χ4v) is 3.28. The van der Waals surface area contributed by atoms with Crippen molar-refractivity contribution in [2.75, 3.05) is 0 Å². The summed E-state index contributed by atoms with van der Waals surface area (Å²) in [6.07, 6.45) is 1.03. The molecule has 0 fully saturated rings. The first-order valence-corrected chi connectivity index (χ1v) is 7.61. The number of hydrogen-bond donors (Lipinski definition) is 2. The van der Waals surface area contributed by atoms with Crippen LogP contribution in [-0.2, 0) is 6.54 Å². The van der Waals surface area contributed by atoms with Crippen LogP contribution in [0.1, 0.15) is 29.8 Å². The van der Waals surface area contributed by atoms with Gasteiger partial charge in [0.25, 0.3) is 0 Å². The largest absolute Gasteiger partial charge is 0.508 e. The van der Waals surface area contributed by atoms with Crippen LogP contribution in [0.3, 0.4) is 0 Å². The molecule has 1 atom stereocenters. The van der Waals surface area contributed by atoms with Crippen molar-refractivity contribution in [3.8, 4) is 5.75 Å². The summed E-state index contributed by atoms with van der Waals surface area (Å²) in [7, 11) is 0. The van der Waals surface area contributed by atoms with Gasteiger partial charge in [0.15, 0.2) is 0 Å². The zero-order chi connectivity index (χ0) is 13.0. The average molecular weight is 326 g/mol. The summed E-state index contributed by atoms with van der Waals surface area (Å²) in [5.41, 5.74) is 1.21. The first-order valence-electron chi connectivity index (χ1n) is 5.94. The Morgan fingerprint density at radius 3 is 2.61 bits per heavy atom. The van der Waals surface area contributed by atoms with E-state index in [1.165, 1.54) is 10.4 Å². The molecule has 18 heavy (non-hydrogen) atoms. The van der Waals surface area contributed by atoms with Crippen LogP contribution in [0.2, 0.25) is 0 Å². The van der Waals surface area contributed by atoms with Gasteiger partial charge in [0, 0.05) is 27.3 Å². The molecule has 2 rings (SSSR count). The summed E-state index contributed by atoms with van der Waals surface area (Å²) < 4.78 is 1.14. The average Bonchev–Trinajstić information content (AvgIpc) is 2.78. The third-order valence-corrected chi connectivity index (χ3v) is 4.55. The van der Waals surface area contributed by atoms with Crippen LogP contribution in [0.5, 0.6) is 5.75 Å². The highest BCUT2D eigenvalue weighted by Gasteiger charge is 2.09. The maximum absolute atomic E-state index is 9.30. The Bertz CT molecular complexity index is 495. The Kier molecular flexibility index (Phi) is 4.80. The van der Waals surface area contributed by atoms with Crippen LogP contribution in [0, 0.1) is 0 Å². The summed E-state index contributed by atoms with van der Waals surface area (Å²) in [6, 6.07) is 9.89. The molecule has 4 heteroatoms. The molecule has 1 unspecified atom stereocenters. The lowest BCUT2D eigenvalue weighted by Crippen LogP contribution is -2.19. The molecule has 0 saturated carbocycles. The Hall–Kier alpha value is -0.840. The molecule has 0 aliphatic heterocycles. The van der Waals surface area contributed by atoms with Gasteiger partial charge in [0.2, 0.25) is 0 Å². The summed E-state index contributed by atoms with van der Waals surface area (Å²) in [5, 5.41) is 14.9. The van der Waals surface area contributed by atoms with Crippen molar-refractivity contribution < 1.29 is 5.11 Å². The van der Waals surface area contributed by atoms with E-state index in [1.807, 2.05) is 12.1 Å². The van der Waals surface area contributed by atoms with Crippen molar-refractivity contribution in [3.05, 3.63) is 50.6 Å². The first kappa shape index (κ1) is 13.6. The van der Waals surface area contributed by atoms with E-state index in [0.29, 0.717) is 11.8 Å². The van der Waals surface area contributed by atoms with Crippen molar-refractivity contribution in [1.82, 2.24) is 5.32 Å². The van der Waals surface area contributed by atoms with Crippen LogP contribution in [0.4, 0.5) is 0 Å². The SMILES string of the molecule is CCC(NCc1cc(Br)cs1)c1ccc(O)cc1. The predicted molar refractivity (Wildman–Crippen MR) is 80.0 cm³/mol. The molecular formula is C14H16BrNOS. The molecule has 0 bridgehead atoms. The summed E-state index contributed by atoms with van der Waals surface area (Å²) >= 11 is 5.21. The summed E-state index contributed by atoms with van der Waals surface area (Å²) in [6.45, 7) is 3.03. The lowest BCUT2D eigenvalue weighted by Gasteiger charge is -2.17. The standard InChI is InChI=1S/C14H16BrNOS/c1-2-14(10-3-5-12(17)6-4-10)16-8-13-7-11(15)9-18-13/h3-7,9,14,16-17H,2,8H2,1H3. The normalized spacial score (nSPS) is 12.6. The fourth-order valence-electron chi connectivity index (χ4n) is 1.87. The van der Waals surface area contributed by atoms with E-state index in [-0.39, 0.29) is 0 Å². The number of phenolic OH excluding ortho intramolecular Hbond substituents is 1. The molecule has 2 aromatic rings. The van der Waals surface area contributed by atoms with Gasteiger partial charge in [-0.1, -0.05) is 19.1 Å². The number of nitrogens with one attached hydrogen (secondary N) is 1. The Labute approximate surface area is 120 Å². The highest BCUT2D eigenvalue weighted by molar-refractivity contribution is 9.10. The molecule has 0 spiro atoms. The molecular weight excluding hydrogens is 310 g/mol. The van der Waals surface area contributed by atoms with E-state index in [1.54, 1.807) is 23.5 Å². The molecule has 1 aromatic heterocycles. The number of benzene rings is 1. The molecule has 2 N–H and O–H groups in total. The highest BCUT2D eigenvalue weighted by Crippen LogP contribution is 2.23. The topological polar surface area (TPSA) is 32.3 Å². The minimum absolute atomic E-state index is 0.316. The van der Waals surface area contributed by atoms with Crippen LogP contribution in [-0.4, -0.2) is 5.11 Å². The minimum atomic E-state index is 0.316. The monoisotopic (exact) mass is 325 g/mol. The maximum atomic E-state index is 9.30. The zero-order valence-electron chi connectivity index (χ0n) is 10.2. The smallest absolute Gasteiger partial charge is 0.115 e. The van der Waals surface area contributed by atoms with E-state index in [9.17, 15) is 5.11 Å². The molecule has 1 heterocycles. The van der Waals surface area contributed by atoms with E-state index >= 15 is 0 Å². The molecule has 1 aromatic carbocycles. The van der Waals surface area contributed by atoms with Crippen LogP contribution in [0.15, 0.2) is 40.2 Å². The van der Waals surface area contributed by atoms with Crippen LogP contribution >= 0.6 is 27.3 Å². The number of aromatic hydroxyl groups is 1. The third-order valence-electron chi connectivity index (χ3n) is 2.85. The van der Waals surface area contributed by atoms with Gasteiger partial charge in [-0.25, -0.2) is 0 Å². The van der Waals surface area contributed by atoms with Crippen molar-refractivity contribution in [2.24, 2.45) is 0 Å². The van der Waals surface area contributed by atoms with Crippen molar-refractivity contribution in [3.63, 3.8) is 0 Å². The van der Waals surface area contributed by atoms with Gasteiger partial charge in [-0.15, -0.1) is 11.3 Å². The van der Waals surface area contributed by atoms with E-state index in [2.05, 4.69) is 39.6 Å². The Morgan fingerprint density at radius 1 is 1.33 bits per heavy atom. The van der Waals surface area contributed by atoms with Gasteiger partial charge in [0.05, 0.1) is 0 Å². The third kappa shape index (κ3) is 3.57. The van der Waals surface area contributed by atoms with Crippen LogP contribution < -0.4 is 5.32 Å².